The SMILES string of the molecule is CCn1c(COc2ccc(F)c(Cl)c2)nnc1SCC(=O)Nc1sc2c(c1C(=O)OC)CCCC2. The Labute approximate surface area is 215 Å². The van der Waals surface area contributed by atoms with Gasteiger partial charge in [0, 0.05) is 17.5 Å². The molecule has 0 bridgehead atoms. The molecule has 0 fully saturated rings. The van der Waals surface area contributed by atoms with Gasteiger partial charge in [0.1, 0.15) is 23.2 Å². The van der Waals surface area contributed by atoms with Crippen molar-refractivity contribution >= 4 is 51.6 Å². The van der Waals surface area contributed by atoms with Gasteiger partial charge in [-0.3, -0.25) is 4.79 Å². The summed E-state index contributed by atoms with van der Waals surface area (Å²) in [4.78, 5) is 26.3. The Balaban J connectivity index is 1.40. The molecule has 1 aliphatic rings. The second-order valence-electron chi connectivity index (χ2n) is 7.75. The van der Waals surface area contributed by atoms with Gasteiger partial charge in [-0.25, -0.2) is 9.18 Å². The number of thioether (sulfide) groups is 1. The molecule has 0 aliphatic heterocycles. The summed E-state index contributed by atoms with van der Waals surface area (Å²) in [6.07, 6.45) is 3.81. The molecule has 0 atom stereocenters. The van der Waals surface area contributed by atoms with Crippen molar-refractivity contribution < 1.29 is 23.5 Å². The molecule has 0 unspecified atom stereocenters. The Morgan fingerprint density at radius 3 is 2.83 bits per heavy atom. The molecule has 0 radical (unpaired) electrons. The Kier molecular flexibility index (Phi) is 8.30. The van der Waals surface area contributed by atoms with Gasteiger partial charge in [-0.15, -0.1) is 21.5 Å². The van der Waals surface area contributed by atoms with E-state index < -0.39 is 11.8 Å². The highest BCUT2D eigenvalue weighted by atomic mass is 35.5. The fraction of sp³-hybridized carbons (Fsp3) is 0.391. The van der Waals surface area contributed by atoms with Crippen molar-refractivity contribution in [1.82, 2.24) is 14.8 Å². The van der Waals surface area contributed by atoms with Crippen LogP contribution in [0.15, 0.2) is 23.4 Å². The number of nitrogens with zero attached hydrogens (tertiary/aromatic N) is 3. The van der Waals surface area contributed by atoms with Gasteiger partial charge in [-0.1, -0.05) is 23.4 Å². The molecule has 2 heterocycles. The summed E-state index contributed by atoms with van der Waals surface area (Å²) in [5.74, 6) is -0.122. The second kappa shape index (κ2) is 11.4. The molecule has 0 saturated heterocycles. The second-order valence-corrected chi connectivity index (χ2v) is 10.2. The number of aromatic nitrogens is 3. The number of benzene rings is 1. The largest absolute Gasteiger partial charge is 0.486 e. The number of fused-ring (bicyclic) bond motifs is 1. The normalized spacial score (nSPS) is 12.8. The lowest BCUT2D eigenvalue weighted by Crippen LogP contribution is -2.17. The van der Waals surface area contributed by atoms with Crippen LogP contribution >= 0.6 is 34.7 Å². The van der Waals surface area contributed by atoms with Gasteiger partial charge in [0.25, 0.3) is 0 Å². The molecular formula is C23H24ClFN4O4S2. The Morgan fingerprint density at radius 1 is 1.29 bits per heavy atom. The van der Waals surface area contributed by atoms with E-state index in [9.17, 15) is 14.0 Å². The first kappa shape index (κ1) is 25.5. The maximum absolute atomic E-state index is 13.3. The number of hydrogen-bond donors (Lipinski definition) is 1. The van der Waals surface area contributed by atoms with Crippen LogP contribution in [0.4, 0.5) is 9.39 Å². The van der Waals surface area contributed by atoms with Crippen molar-refractivity contribution in [2.45, 2.75) is 50.9 Å². The Hall–Kier alpha value is -2.63. The summed E-state index contributed by atoms with van der Waals surface area (Å²) in [5, 5.41) is 12.3. The lowest BCUT2D eigenvalue weighted by atomic mass is 9.95. The number of carbonyl (C=O) groups is 2. The van der Waals surface area contributed by atoms with Crippen LogP contribution in [-0.2, 0) is 35.5 Å². The van der Waals surface area contributed by atoms with Crippen molar-refractivity contribution in [1.29, 1.82) is 0 Å². The third-order valence-corrected chi connectivity index (χ3v) is 7.98. The first-order valence-electron chi connectivity index (χ1n) is 11.1. The average Bonchev–Trinajstić information content (AvgIpc) is 3.43. The van der Waals surface area contributed by atoms with Gasteiger partial charge in [0.15, 0.2) is 11.0 Å². The zero-order valence-electron chi connectivity index (χ0n) is 19.2. The summed E-state index contributed by atoms with van der Waals surface area (Å²) in [6.45, 7) is 2.62. The topological polar surface area (TPSA) is 95.3 Å². The predicted molar refractivity (Wildman–Crippen MR) is 133 cm³/mol. The highest BCUT2D eigenvalue weighted by molar-refractivity contribution is 7.99. The Morgan fingerprint density at radius 2 is 2.09 bits per heavy atom. The zero-order chi connectivity index (χ0) is 24.9. The van der Waals surface area contributed by atoms with Crippen LogP contribution in [-0.4, -0.2) is 39.5 Å². The van der Waals surface area contributed by atoms with Crippen molar-refractivity contribution in [3.63, 3.8) is 0 Å². The Bertz CT molecular complexity index is 1250. The fourth-order valence-corrected chi connectivity index (χ4v) is 6.11. The molecule has 186 valence electrons. The molecule has 35 heavy (non-hydrogen) atoms. The molecule has 1 aliphatic carbocycles. The minimum atomic E-state index is -0.519. The first-order valence-corrected chi connectivity index (χ1v) is 13.2. The van der Waals surface area contributed by atoms with Crippen LogP contribution in [0.25, 0.3) is 0 Å². The number of amides is 1. The van der Waals surface area contributed by atoms with E-state index in [0.717, 1.165) is 36.1 Å². The molecule has 12 heteroatoms. The van der Waals surface area contributed by atoms with E-state index in [2.05, 4.69) is 15.5 Å². The van der Waals surface area contributed by atoms with Crippen LogP contribution in [0, 0.1) is 5.82 Å². The van der Waals surface area contributed by atoms with Crippen LogP contribution in [0.1, 0.15) is 46.4 Å². The molecule has 4 rings (SSSR count). The number of anilines is 1. The number of methoxy groups -OCH3 is 1. The smallest absolute Gasteiger partial charge is 0.341 e. The molecule has 8 nitrogen and oxygen atoms in total. The minimum Gasteiger partial charge on any atom is -0.486 e. The third kappa shape index (κ3) is 5.79. The molecule has 1 N–H and O–H groups in total. The lowest BCUT2D eigenvalue weighted by molar-refractivity contribution is -0.113. The van der Waals surface area contributed by atoms with Gasteiger partial charge >= 0.3 is 5.97 Å². The van der Waals surface area contributed by atoms with Crippen LogP contribution < -0.4 is 10.1 Å². The quantitative estimate of drug-likeness (QED) is 0.298. The fourth-order valence-electron chi connectivity index (χ4n) is 3.83. The van der Waals surface area contributed by atoms with E-state index in [1.807, 2.05) is 11.5 Å². The standard InChI is InChI=1S/C23H24ClFN4O4S2/c1-3-29-18(11-33-13-8-9-16(25)15(24)10-13)27-28-23(29)34-12-19(30)26-21-20(22(31)32-2)14-6-4-5-7-17(14)35-21/h8-10H,3-7,11-12H2,1-2H3,(H,26,30). The van der Waals surface area contributed by atoms with Gasteiger partial charge < -0.3 is 19.4 Å². The van der Waals surface area contributed by atoms with Gasteiger partial charge in [-0.05, 0) is 50.3 Å². The molecule has 2 aromatic heterocycles. The van der Waals surface area contributed by atoms with Crippen molar-refractivity contribution in [3.05, 3.63) is 50.9 Å². The summed E-state index contributed by atoms with van der Waals surface area (Å²) in [7, 11) is 1.35. The minimum absolute atomic E-state index is 0.0244. The number of halogens is 2. The lowest BCUT2D eigenvalue weighted by Gasteiger charge is -2.11. The van der Waals surface area contributed by atoms with Gasteiger partial charge in [0.2, 0.25) is 5.91 Å². The van der Waals surface area contributed by atoms with E-state index in [4.69, 9.17) is 21.1 Å². The van der Waals surface area contributed by atoms with E-state index in [1.165, 1.54) is 48.4 Å². The summed E-state index contributed by atoms with van der Waals surface area (Å²) in [6, 6.07) is 4.12. The maximum Gasteiger partial charge on any atom is 0.341 e. The number of thiophene rings is 1. The zero-order valence-corrected chi connectivity index (χ0v) is 21.6. The summed E-state index contributed by atoms with van der Waals surface area (Å²) < 4.78 is 25.8. The van der Waals surface area contributed by atoms with E-state index in [1.54, 1.807) is 0 Å². The molecule has 1 aromatic carbocycles. The number of hydrogen-bond acceptors (Lipinski definition) is 8. The highest BCUT2D eigenvalue weighted by Gasteiger charge is 2.27. The monoisotopic (exact) mass is 538 g/mol. The number of carbonyl (C=O) groups excluding carboxylic acids is 2. The molecule has 1 amide bonds. The van der Waals surface area contributed by atoms with Crippen molar-refractivity contribution in [2.24, 2.45) is 0 Å². The van der Waals surface area contributed by atoms with Gasteiger partial charge in [0.05, 0.1) is 23.4 Å². The summed E-state index contributed by atoms with van der Waals surface area (Å²) >= 11 is 8.49. The van der Waals surface area contributed by atoms with E-state index >= 15 is 0 Å². The van der Waals surface area contributed by atoms with Crippen LogP contribution in [0.3, 0.4) is 0 Å². The average molecular weight is 539 g/mol. The maximum atomic E-state index is 13.3. The first-order chi connectivity index (χ1) is 16.9. The van der Waals surface area contributed by atoms with Crippen molar-refractivity contribution in [3.8, 4) is 5.75 Å². The number of nitrogens with one attached hydrogen (secondary N) is 1. The molecule has 3 aromatic rings. The number of ether oxygens (including phenoxy) is 2. The van der Waals surface area contributed by atoms with E-state index in [-0.39, 0.29) is 23.3 Å². The van der Waals surface area contributed by atoms with Crippen LogP contribution in [0.2, 0.25) is 5.02 Å². The third-order valence-electron chi connectivity index (χ3n) is 5.51. The molecule has 0 spiro atoms. The predicted octanol–water partition coefficient (Wildman–Crippen LogP) is 5.13. The van der Waals surface area contributed by atoms with Crippen molar-refractivity contribution in [2.75, 3.05) is 18.2 Å². The highest BCUT2D eigenvalue weighted by Crippen LogP contribution is 2.38. The number of rotatable bonds is 9. The van der Waals surface area contributed by atoms with E-state index in [0.29, 0.717) is 33.8 Å². The van der Waals surface area contributed by atoms with Gasteiger partial charge in [-0.2, -0.15) is 0 Å². The van der Waals surface area contributed by atoms with Crippen LogP contribution in [0.5, 0.6) is 5.75 Å². The number of aryl methyl sites for hydroxylation is 1. The molecule has 0 saturated carbocycles. The summed E-state index contributed by atoms with van der Waals surface area (Å²) in [5.41, 5.74) is 1.47. The number of esters is 1. The molecular weight excluding hydrogens is 515 g/mol.